The minimum atomic E-state index is -0.584. The van der Waals surface area contributed by atoms with Crippen molar-refractivity contribution in [3.63, 3.8) is 0 Å². The van der Waals surface area contributed by atoms with Gasteiger partial charge in [0.15, 0.2) is 0 Å². The number of hydrogen-bond donors (Lipinski definition) is 0. The van der Waals surface area contributed by atoms with Crippen LogP contribution >= 0.6 is 0 Å². The highest BCUT2D eigenvalue weighted by molar-refractivity contribution is 5.96. The third kappa shape index (κ3) is 2.45. The molecule has 0 spiro atoms. The molecule has 5 heteroatoms. The number of Topliss-reactive ketones (excluding diaryl/α,β-unsaturated/α-hetero) is 1. The molecule has 0 aromatic heterocycles. The highest BCUT2D eigenvalue weighted by Gasteiger charge is 2.50. The number of likely N-dealkylation sites (tertiary alicyclic amines) is 1. The Hall–Kier alpha value is -1.39. The Morgan fingerprint density at radius 2 is 2.05 bits per heavy atom. The van der Waals surface area contributed by atoms with Crippen molar-refractivity contribution in [2.75, 3.05) is 19.7 Å². The van der Waals surface area contributed by atoms with Gasteiger partial charge in [0.1, 0.15) is 5.78 Å². The van der Waals surface area contributed by atoms with Crippen LogP contribution in [0.2, 0.25) is 0 Å². The van der Waals surface area contributed by atoms with Crippen molar-refractivity contribution >= 4 is 17.7 Å². The van der Waals surface area contributed by atoms with E-state index in [0.717, 1.165) is 0 Å². The molecule has 20 heavy (non-hydrogen) atoms. The van der Waals surface area contributed by atoms with E-state index in [0.29, 0.717) is 39.0 Å². The first-order valence-corrected chi connectivity index (χ1v) is 7.38. The van der Waals surface area contributed by atoms with Crippen molar-refractivity contribution in [3.8, 4) is 0 Å². The standard InChI is InChI=1S/C15H23NO4/c1-4-20-14(19)15(10(2)3)5-6-16(9-15)13(18)11-7-12(17)8-11/h10-11H,4-9H2,1-3H3. The number of amides is 1. The minimum Gasteiger partial charge on any atom is -0.466 e. The van der Waals surface area contributed by atoms with Gasteiger partial charge in [-0.2, -0.15) is 0 Å². The fourth-order valence-corrected chi connectivity index (χ4v) is 3.09. The summed E-state index contributed by atoms with van der Waals surface area (Å²) in [6.07, 6.45) is 1.38. The third-order valence-corrected chi connectivity index (χ3v) is 4.70. The van der Waals surface area contributed by atoms with E-state index in [9.17, 15) is 14.4 Å². The van der Waals surface area contributed by atoms with E-state index in [1.54, 1.807) is 11.8 Å². The zero-order valence-electron chi connectivity index (χ0n) is 12.5. The lowest BCUT2D eigenvalue weighted by Crippen LogP contribution is -2.45. The molecule has 0 radical (unpaired) electrons. The lowest BCUT2D eigenvalue weighted by Gasteiger charge is -2.32. The Morgan fingerprint density at radius 3 is 2.55 bits per heavy atom. The number of esters is 1. The van der Waals surface area contributed by atoms with E-state index in [1.165, 1.54) is 0 Å². The van der Waals surface area contributed by atoms with Crippen molar-refractivity contribution in [1.29, 1.82) is 0 Å². The van der Waals surface area contributed by atoms with Crippen LogP contribution in [0.25, 0.3) is 0 Å². The summed E-state index contributed by atoms with van der Waals surface area (Å²) in [6.45, 7) is 7.16. The molecule has 2 rings (SSSR count). The zero-order valence-corrected chi connectivity index (χ0v) is 12.5. The molecule has 0 aromatic carbocycles. The Bertz CT molecular complexity index is 424. The van der Waals surface area contributed by atoms with Crippen molar-refractivity contribution in [3.05, 3.63) is 0 Å². The van der Waals surface area contributed by atoms with E-state index in [2.05, 4.69) is 0 Å². The molecule has 5 nitrogen and oxygen atoms in total. The van der Waals surface area contributed by atoms with Gasteiger partial charge < -0.3 is 9.64 Å². The van der Waals surface area contributed by atoms with Gasteiger partial charge in [0.05, 0.1) is 17.9 Å². The maximum Gasteiger partial charge on any atom is 0.314 e. The second-order valence-corrected chi connectivity index (χ2v) is 6.18. The Balaban J connectivity index is 2.05. The van der Waals surface area contributed by atoms with Gasteiger partial charge in [0, 0.05) is 25.9 Å². The molecular weight excluding hydrogens is 258 g/mol. The van der Waals surface area contributed by atoms with Crippen LogP contribution in [0.15, 0.2) is 0 Å². The van der Waals surface area contributed by atoms with E-state index in [1.807, 2.05) is 13.8 Å². The van der Waals surface area contributed by atoms with Crippen LogP contribution in [0.5, 0.6) is 0 Å². The van der Waals surface area contributed by atoms with Crippen LogP contribution in [0.4, 0.5) is 0 Å². The number of carbonyl (C=O) groups excluding carboxylic acids is 3. The smallest absolute Gasteiger partial charge is 0.314 e. The number of nitrogens with zero attached hydrogens (tertiary/aromatic N) is 1. The van der Waals surface area contributed by atoms with E-state index in [4.69, 9.17) is 4.74 Å². The van der Waals surface area contributed by atoms with Gasteiger partial charge in [0.2, 0.25) is 5.91 Å². The molecule has 0 N–H and O–H groups in total. The van der Waals surface area contributed by atoms with Gasteiger partial charge in [-0.15, -0.1) is 0 Å². The van der Waals surface area contributed by atoms with E-state index >= 15 is 0 Å². The lowest BCUT2D eigenvalue weighted by molar-refractivity contribution is -0.158. The van der Waals surface area contributed by atoms with Crippen LogP contribution in [-0.2, 0) is 19.1 Å². The Labute approximate surface area is 119 Å². The zero-order chi connectivity index (χ0) is 14.9. The van der Waals surface area contributed by atoms with Gasteiger partial charge in [0.25, 0.3) is 0 Å². The summed E-state index contributed by atoms with van der Waals surface area (Å²) in [7, 11) is 0. The fraction of sp³-hybridized carbons (Fsp3) is 0.800. The first kappa shape index (κ1) is 15.0. The number of ketones is 1. The second-order valence-electron chi connectivity index (χ2n) is 6.18. The molecule has 2 aliphatic rings. The Morgan fingerprint density at radius 1 is 1.40 bits per heavy atom. The van der Waals surface area contributed by atoms with Gasteiger partial charge >= 0.3 is 5.97 Å². The topological polar surface area (TPSA) is 63.7 Å². The predicted octanol–water partition coefficient (Wildman–Crippen LogP) is 1.40. The van der Waals surface area contributed by atoms with Crippen molar-refractivity contribution in [2.45, 2.75) is 40.0 Å². The normalized spacial score (nSPS) is 26.8. The molecule has 1 heterocycles. The minimum absolute atomic E-state index is 0.0245. The van der Waals surface area contributed by atoms with Crippen LogP contribution in [0.3, 0.4) is 0 Å². The predicted molar refractivity (Wildman–Crippen MR) is 72.8 cm³/mol. The van der Waals surface area contributed by atoms with Crippen LogP contribution in [0, 0.1) is 17.3 Å². The number of ether oxygens (including phenoxy) is 1. The largest absolute Gasteiger partial charge is 0.466 e. The monoisotopic (exact) mass is 281 g/mol. The molecule has 1 atom stereocenters. The molecule has 1 saturated heterocycles. The van der Waals surface area contributed by atoms with Crippen molar-refractivity contribution in [1.82, 2.24) is 4.90 Å². The maximum absolute atomic E-state index is 12.3. The molecular formula is C15H23NO4. The van der Waals surface area contributed by atoms with Gasteiger partial charge in [-0.05, 0) is 19.3 Å². The quantitative estimate of drug-likeness (QED) is 0.731. The Kier molecular flexibility index (Phi) is 4.16. The third-order valence-electron chi connectivity index (χ3n) is 4.70. The summed E-state index contributed by atoms with van der Waals surface area (Å²) in [5.74, 6) is -0.0514. The molecule has 112 valence electrons. The SMILES string of the molecule is CCOC(=O)C1(C(C)C)CCN(C(=O)C2CC(=O)C2)C1. The molecule has 1 saturated carbocycles. The number of hydrogen-bond acceptors (Lipinski definition) is 4. The molecule has 0 aromatic rings. The summed E-state index contributed by atoms with van der Waals surface area (Å²) in [5, 5.41) is 0. The van der Waals surface area contributed by atoms with Crippen molar-refractivity contribution in [2.24, 2.45) is 17.3 Å². The summed E-state index contributed by atoms with van der Waals surface area (Å²) in [4.78, 5) is 37.3. The van der Waals surface area contributed by atoms with Crippen LogP contribution in [-0.4, -0.2) is 42.3 Å². The summed E-state index contributed by atoms with van der Waals surface area (Å²) < 4.78 is 5.21. The first-order valence-electron chi connectivity index (χ1n) is 7.38. The lowest BCUT2D eigenvalue weighted by atomic mass is 9.76. The molecule has 1 unspecified atom stereocenters. The van der Waals surface area contributed by atoms with Gasteiger partial charge in [-0.1, -0.05) is 13.8 Å². The van der Waals surface area contributed by atoms with Gasteiger partial charge in [-0.3, -0.25) is 14.4 Å². The summed E-state index contributed by atoms with van der Waals surface area (Å²) in [6, 6.07) is 0. The summed E-state index contributed by atoms with van der Waals surface area (Å²) >= 11 is 0. The molecule has 1 aliphatic heterocycles. The molecule has 2 fully saturated rings. The van der Waals surface area contributed by atoms with E-state index < -0.39 is 5.41 Å². The van der Waals surface area contributed by atoms with Crippen LogP contribution < -0.4 is 0 Å². The number of rotatable bonds is 4. The maximum atomic E-state index is 12.3. The second kappa shape index (κ2) is 5.54. The van der Waals surface area contributed by atoms with E-state index in [-0.39, 0.29) is 29.5 Å². The van der Waals surface area contributed by atoms with Crippen molar-refractivity contribution < 1.29 is 19.1 Å². The molecule has 0 bridgehead atoms. The molecule has 1 aliphatic carbocycles. The fourth-order valence-electron chi connectivity index (χ4n) is 3.09. The summed E-state index contributed by atoms with van der Waals surface area (Å²) in [5.41, 5.74) is -0.584. The highest BCUT2D eigenvalue weighted by atomic mass is 16.5. The highest BCUT2D eigenvalue weighted by Crippen LogP contribution is 2.40. The average molecular weight is 281 g/mol. The first-order chi connectivity index (χ1) is 9.40. The number of carbonyl (C=O) groups is 3. The van der Waals surface area contributed by atoms with Crippen LogP contribution in [0.1, 0.15) is 40.0 Å². The van der Waals surface area contributed by atoms with Gasteiger partial charge in [-0.25, -0.2) is 0 Å². The average Bonchev–Trinajstić information content (AvgIpc) is 2.81. The molecule has 1 amide bonds.